The minimum atomic E-state index is 0.825. The second kappa shape index (κ2) is 4.49. The van der Waals surface area contributed by atoms with Crippen LogP contribution in [0.3, 0.4) is 0 Å². The predicted molar refractivity (Wildman–Crippen MR) is 62.4 cm³/mol. The largest absolute Gasteiger partial charge is 0.313 e. The first-order valence-corrected chi connectivity index (χ1v) is 5.47. The van der Waals surface area contributed by atoms with Crippen molar-refractivity contribution >= 4 is 0 Å². The fraction of sp³-hybridized carbons (Fsp3) is 0.455. The molecule has 0 bridgehead atoms. The number of aryl methyl sites for hydroxylation is 2. The first kappa shape index (κ1) is 10.9. The highest BCUT2D eigenvalue weighted by Crippen LogP contribution is 2.16. The molecule has 2 aromatic rings. The summed E-state index contributed by atoms with van der Waals surface area (Å²) in [6, 6.07) is 1.92. The van der Waals surface area contributed by atoms with E-state index in [1.165, 1.54) is 5.56 Å². The number of hydrogen-bond acceptors (Lipinski definition) is 3. The van der Waals surface area contributed by atoms with Crippen LogP contribution in [0.1, 0.15) is 18.2 Å². The van der Waals surface area contributed by atoms with Crippen LogP contribution in [0.25, 0.3) is 5.82 Å². The van der Waals surface area contributed by atoms with E-state index >= 15 is 0 Å². The molecule has 0 aliphatic heterocycles. The zero-order chi connectivity index (χ0) is 11.5. The minimum absolute atomic E-state index is 0.825. The number of aromatic nitrogens is 4. The molecule has 0 radical (unpaired) electrons. The van der Waals surface area contributed by atoms with Crippen LogP contribution < -0.4 is 5.32 Å². The van der Waals surface area contributed by atoms with Gasteiger partial charge in [-0.2, -0.15) is 10.2 Å². The summed E-state index contributed by atoms with van der Waals surface area (Å²) < 4.78 is 3.72. The summed E-state index contributed by atoms with van der Waals surface area (Å²) in [7, 11) is 1.94. The minimum Gasteiger partial charge on any atom is -0.313 e. The molecule has 2 rings (SSSR count). The molecule has 86 valence electrons. The van der Waals surface area contributed by atoms with Crippen molar-refractivity contribution < 1.29 is 0 Å². The SMILES string of the molecule is CCNCc1c(C)nn(C)c1-n1cccn1. The molecule has 0 aromatic carbocycles. The number of nitrogens with zero attached hydrogens (tertiary/aromatic N) is 4. The summed E-state index contributed by atoms with van der Waals surface area (Å²) in [5.41, 5.74) is 2.25. The van der Waals surface area contributed by atoms with E-state index in [9.17, 15) is 0 Å². The van der Waals surface area contributed by atoms with Gasteiger partial charge in [0.2, 0.25) is 0 Å². The molecule has 2 heterocycles. The molecule has 0 saturated carbocycles. The Kier molecular flexibility index (Phi) is 3.05. The third kappa shape index (κ3) is 1.86. The van der Waals surface area contributed by atoms with Crippen molar-refractivity contribution in [2.24, 2.45) is 7.05 Å². The maximum absolute atomic E-state index is 4.44. The van der Waals surface area contributed by atoms with Crippen molar-refractivity contribution in [2.45, 2.75) is 20.4 Å². The van der Waals surface area contributed by atoms with Crippen LogP contribution in [-0.2, 0) is 13.6 Å². The van der Waals surface area contributed by atoms with Gasteiger partial charge in [-0.15, -0.1) is 0 Å². The van der Waals surface area contributed by atoms with E-state index in [4.69, 9.17) is 0 Å². The average Bonchev–Trinajstić information content (AvgIpc) is 2.83. The van der Waals surface area contributed by atoms with Crippen LogP contribution in [0.2, 0.25) is 0 Å². The van der Waals surface area contributed by atoms with E-state index in [0.717, 1.165) is 24.6 Å². The average molecular weight is 219 g/mol. The number of rotatable bonds is 4. The van der Waals surface area contributed by atoms with Crippen molar-refractivity contribution in [3.8, 4) is 5.82 Å². The van der Waals surface area contributed by atoms with Gasteiger partial charge in [0.05, 0.1) is 5.69 Å². The molecule has 0 saturated heterocycles. The predicted octanol–water partition coefficient (Wildman–Crippen LogP) is 1.02. The Balaban J connectivity index is 2.42. The molecule has 2 aromatic heterocycles. The summed E-state index contributed by atoms with van der Waals surface area (Å²) in [6.45, 7) is 5.90. The normalized spacial score (nSPS) is 10.9. The molecule has 0 aliphatic carbocycles. The molecule has 0 spiro atoms. The highest BCUT2D eigenvalue weighted by atomic mass is 15.4. The Labute approximate surface area is 95.1 Å². The van der Waals surface area contributed by atoms with E-state index in [2.05, 4.69) is 22.4 Å². The number of hydrogen-bond donors (Lipinski definition) is 1. The third-order valence-corrected chi connectivity index (χ3v) is 2.59. The zero-order valence-electron chi connectivity index (χ0n) is 9.94. The van der Waals surface area contributed by atoms with Crippen molar-refractivity contribution in [3.05, 3.63) is 29.7 Å². The lowest BCUT2D eigenvalue weighted by Gasteiger charge is -2.06. The monoisotopic (exact) mass is 219 g/mol. The zero-order valence-corrected chi connectivity index (χ0v) is 9.94. The standard InChI is InChI=1S/C11H17N5/c1-4-12-8-10-9(2)14-15(3)11(10)16-7-5-6-13-16/h5-7,12H,4,8H2,1-3H3. The second-order valence-corrected chi connectivity index (χ2v) is 3.74. The van der Waals surface area contributed by atoms with Crippen molar-refractivity contribution in [2.75, 3.05) is 6.54 Å². The molecule has 0 atom stereocenters. The van der Waals surface area contributed by atoms with Gasteiger partial charge in [-0.3, -0.25) is 4.68 Å². The summed E-state index contributed by atoms with van der Waals surface area (Å²) in [6.07, 6.45) is 3.71. The van der Waals surface area contributed by atoms with Gasteiger partial charge < -0.3 is 5.32 Å². The molecule has 16 heavy (non-hydrogen) atoms. The van der Waals surface area contributed by atoms with Gasteiger partial charge in [0.15, 0.2) is 5.82 Å². The van der Waals surface area contributed by atoms with Gasteiger partial charge in [-0.1, -0.05) is 6.92 Å². The molecule has 5 heteroatoms. The lowest BCUT2D eigenvalue weighted by atomic mass is 10.2. The van der Waals surface area contributed by atoms with E-state index in [-0.39, 0.29) is 0 Å². The molecular weight excluding hydrogens is 202 g/mol. The highest BCUT2D eigenvalue weighted by Gasteiger charge is 2.14. The fourth-order valence-corrected chi connectivity index (χ4v) is 1.83. The van der Waals surface area contributed by atoms with Crippen LogP contribution in [-0.4, -0.2) is 26.1 Å². The second-order valence-electron chi connectivity index (χ2n) is 3.74. The van der Waals surface area contributed by atoms with Gasteiger partial charge >= 0.3 is 0 Å². The molecule has 0 unspecified atom stereocenters. The molecular formula is C11H17N5. The topological polar surface area (TPSA) is 47.7 Å². The first-order chi connectivity index (χ1) is 7.74. The molecule has 0 fully saturated rings. The summed E-state index contributed by atoms with van der Waals surface area (Å²) in [4.78, 5) is 0. The summed E-state index contributed by atoms with van der Waals surface area (Å²) >= 11 is 0. The van der Waals surface area contributed by atoms with Crippen LogP contribution >= 0.6 is 0 Å². The highest BCUT2D eigenvalue weighted by molar-refractivity contribution is 5.37. The molecule has 0 aliphatic rings. The van der Waals surface area contributed by atoms with Gasteiger partial charge in [0.25, 0.3) is 0 Å². The van der Waals surface area contributed by atoms with E-state index in [1.807, 2.05) is 35.6 Å². The lowest BCUT2D eigenvalue weighted by Crippen LogP contribution is -2.15. The summed E-state index contributed by atoms with van der Waals surface area (Å²) in [5, 5.41) is 12.0. The Morgan fingerprint density at radius 2 is 2.25 bits per heavy atom. The maximum Gasteiger partial charge on any atom is 0.156 e. The van der Waals surface area contributed by atoms with E-state index in [0.29, 0.717) is 0 Å². The van der Waals surface area contributed by atoms with Crippen molar-refractivity contribution in [1.29, 1.82) is 0 Å². The van der Waals surface area contributed by atoms with Gasteiger partial charge in [0, 0.05) is 31.5 Å². The van der Waals surface area contributed by atoms with Gasteiger partial charge in [-0.25, -0.2) is 4.68 Å². The molecule has 0 amide bonds. The van der Waals surface area contributed by atoms with E-state index in [1.54, 1.807) is 6.20 Å². The fourth-order valence-electron chi connectivity index (χ4n) is 1.83. The Hall–Kier alpha value is -1.62. The van der Waals surface area contributed by atoms with Crippen LogP contribution in [0.15, 0.2) is 18.5 Å². The van der Waals surface area contributed by atoms with Crippen molar-refractivity contribution in [3.63, 3.8) is 0 Å². The Morgan fingerprint density at radius 3 is 2.88 bits per heavy atom. The number of nitrogens with one attached hydrogen (secondary N) is 1. The van der Waals surface area contributed by atoms with Gasteiger partial charge in [-0.05, 0) is 19.5 Å². The van der Waals surface area contributed by atoms with Crippen molar-refractivity contribution in [1.82, 2.24) is 24.9 Å². The van der Waals surface area contributed by atoms with Crippen LogP contribution in [0.5, 0.6) is 0 Å². The maximum atomic E-state index is 4.44. The first-order valence-electron chi connectivity index (χ1n) is 5.47. The van der Waals surface area contributed by atoms with Crippen LogP contribution in [0, 0.1) is 6.92 Å². The smallest absolute Gasteiger partial charge is 0.156 e. The van der Waals surface area contributed by atoms with Gasteiger partial charge in [0.1, 0.15) is 0 Å². The van der Waals surface area contributed by atoms with E-state index < -0.39 is 0 Å². The molecule has 5 nitrogen and oxygen atoms in total. The Bertz CT molecular complexity index is 455. The quantitative estimate of drug-likeness (QED) is 0.835. The summed E-state index contributed by atoms with van der Waals surface area (Å²) in [5.74, 6) is 1.03. The van der Waals surface area contributed by atoms with Crippen LogP contribution in [0.4, 0.5) is 0 Å². The molecule has 1 N–H and O–H groups in total. The lowest BCUT2D eigenvalue weighted by molar-refractivity contribution is 0.680. The Morgan fingerprint density at radius 1 is 1.44 bits per heavy atom. The third-order valence-electron chi connectivity index (χ3n) is 2.59.